The molecular formula is C16H15N3O2S. The van der Waals surface area contributed by atoms with Gasteiger partial charge in [-0.1, -0.05) is 23.5 Å². The van der Waals surface area contributed by atoms with Gasteiger partial charge in [0.05, 0.1) is 30.7 Å². The van der Waals surface area contributed by atoms with Crippen LogP contribution in [-0.4, -0.2) is 25.4 Å². The van der Waals surface area contributed by atoms with Crippen LogP contribution in [0.4, 0.5) is 5.13 Å². The van der Waals surface area contributed by atoms with Crippen LogP contribution < -0.4 is 14.9 Å². The van der Waals surface area contributed by atoms with Crippen molar-refractivity contribution in [2.24, 2.45) is 5.10 Å². The van der Waals surface area contributed by atoms with E-state index >= 15 is 0 Å². The van der Waals surface area contributed by atoms with E-state index in [-0.39, 0.29) is 0 Å². The SMILES string of the molecule is COc1ccc(/C=N\Nc2nc3ccccc3s2)cc1OC. The monoisotopic (exact) mass is 313 g/mol. The molecule has 0 fully saturated rings. The highest BCUT2D eigenvalue weighted by atomic mass is 32.1. The zero-order chi connectivity index (χ0) is 15.4. The molecule has 0 saturated heterocycles. The zero-order valence-electron chi connectivity index (χ0n) is 12.2. The fourth-order valence-corrected chi connectivity index (χ4v) is 2.83. The maximum absolute atomic E-state index is 5.26. The van der Waals surface area contributed by atoms with E-state index in [0.717, 1.165) is 20.9 Å². The van der Waals surface area contributed by atoms with Crippen molar-refractivity contribution in [2.75, 3.05) is 19.6 Å². The molecule has 0 atom stereocenters. The first-order valence-corrected chi connectivity index (χ1v) is 7.48. The van der Waals surface area contributed by atoms with Gasteiger partial charge in [0, 0.05) is 0 Å². The second kappa shape index (κ2) is 6.44. The predicted octanol–water partition coefficient (Wildman–Crippen LogP) is 3.76. The molecule has 0 spiro atoms. The lowest BCUT2D eigenvalue weighted by atomic mass is 10.2. The van der Waals surface area contributed by atoms with E-state index in [0.29, 0.717) is 11.5 Å². The maximum atomic E-state index is 5.26. The van der Waals surface area contributed by atoms with Gasteiger partial charge >= 0.3 is 0 Å². The molecule has 0 aliphatic rings. The lowest BCUT2D eigenvalue weighted by Gasteiger charge is -2.07. The lowest BCUT2D eigenvalue weighted by molar-refractivity contribution is 0.355. The van der Waals surface area contributed by atoms with Gasteiger partial charge in [-0.3, -0.25) is 5.43 Å². The molecule has 0 aliphatic heterocycles. The fourth-order valence-electron chi connectivity index (χ4n) is 2.02. The number of hydrazone groups is 1. The zero-order valence-corrected chi connectivity index (χ0v) is 13.1. The number of para-hydroxylation sites is 1. The van der Waals surface area contributed by atoms with E-state index in [4.69, 9.17) is 9.47 Å². The highest BCUT2D eigenvalue weighted by molar-refractivity contribution is 7.22. The van der Waals surface area contributed by atoms with Gasteiger partial charge in [-0.05, 0) is 35.9 Å². The van der Waals surface area contributed by atoms with E-state index < -0.39 is 0 Å². The number of rotatable bonds is 5. The average Bonchev–Trinajstić information content (AvgIpc) is 2.97. The molecular weight excluding hydrogens is 298 g/mol. The lowest BCUT2D eigenvalue weighted by Crippen LogP contribution is -1.93. The number of hydrogen-bond donors (Lipinski definition) is 1. The largest absolute Gasteiger partial charge is 0.493 e. The molecule has 1 N–H and O–H groups in total. The van der Waals surface area contributed by atoms with Crippen molar-refractivity contribution in [3.05, 3.63) is 48.0 Å². The van der Waals surface area contributed by atoms with Crippen LogP contribution in [0.15, 0.2) is 47.6 Å². The van der Waals surface area contributed by atoms with Crippen molar-refractivity contribution in [1.29, 1.82) is 0 Å². The number of nitrogens with zero attached hydrogens (tertiary/aromatic N) is 2. The van der Waals surface area contributed by atoms with Crippen LogP contribution in [0.1, 0.15) is 5.56 Å². The Morgan fingerprint density at radius 2 is 1.91 bits per heavy atom. The molecule has 0 unspecified atom stereocenters. The molecule has 0 radical (unpaired) electrons. The number of hydrogen-bond acceptors (Lipinski definition) is 6. The Morgan fingerprint density at radius 1 is 1.09 bits per heavy atom. The molecule has 0 bridgehead atoms. The Bertz CT molecular complexity index is 781. The Kier molecular flexibility index (Phi) is 4.20. The number of nitrogens with one attached hydrogen (secondary N) is 1. The molecule has 1 aromatic heterocycles. The minimum atomic E-state index is 0.673. The normalized spacial score (nSPS) is 11.0. The Labute approximate surface area is 132 Å². The summed E-state index contributed by atoms with van der Waals surface area (Å²) in [4.78, 5) is 4.45. The summed E-state index contributed by atoms with van der Waals surface area (Å²) >= 11 is 1.57. The molecule has 6 heteroatoms. The number of thiazole rings is 1. The molecule has 3 aromatic rings. The first-order valence-electron chi connectivity index (χ1n) is 6.67. The Hall–Kier alpha value is -2.60. The molecule has 2 aromatic carbocycles. The number of anilines is 1. The van der Waals surface area contributed by atoms with E-state index in [9.17, 15) is 0 Å². The van der Waals surface area contributed by atoms with Crippen LogP contribution in [0.2, 0.25) is 0 Å². The first-order chi connectivity index (χ1) is 10.8. The number of aromatic nitrogens is 1. The minimum absolute atomic E-state index is 0.673. The van der Waals surface area contributed by atoms with Crippen molar-refractivity contribution < 1.29 is 9.47 Å². The Morgan fingerprint density at radius 3 is 2.68 bits per heavy atom. The maximum Gasteiger partial charge on any atom is 0.204 e. The standard InChI is InChI=1S/C16H15N3O2S/c1-20-13-8-7-11(9-14(13)21-2)10-17-19-16-18-12-5-3-4-6-15(12)22-16/h3-10H,1-2H3,(H,18,19)/b17-10-. The summed E-state index contributed by atoms with van der Waals surface area (Å²) in [5.41, 5.74) is 4.83. The summed E-state index contributed by atoms with van der Waals surface area (Å²) in [5.74, 6) is 1.37. The second-order valence-corrected chi connectivity index (χ2v) is 5.50. The van der Waals surface area contributed by atoms with Crippen LogP contribution >= 0.6 is 11.3 Å². The molecule has 0 amide bonds. The third-order valence-electron chi connectivity index (χ3n) is 3.08. The molecule has 112 valence electrons. The summed E-state index contributed by atoms with van der Waals surface area (Å²) in [6, 6.07) is 13.6. The summed E-state index contributed by atoms with van der Waals surface area (Å²) in [7, 11) is 3.22. The fraction of sp³-hybridized carbons (Fsp3) is 0.125. The first kappa shape index (κ1) is 14.3. The Balaban J connectivity index is 1.74. The van der Waals surface area contributed by atoms with Crippen molar-refractivity contribution in [2.45, 2.75) is 0 Å². The molecule has 3 rings (SSSR count). The smallest absolute Gasteiger partial charge is 0.204 e. The van der Waals surface area contributed by atoms with Crippen molar-refractivity contribution in [1.82, 2.24) is 4.98 Å². The van der Waals surface area contributed by atoms with Crippen LogP contribution in [0.25, 0.3) is 10.2 Å². The minimum Gasteiger partial charge on any atom is -0.493 e. The topological polar surface area (TPSA) is 55.7 Å². The van der Waals surface area contributed by atoms with Gasteiger partial charge in [0.2, 0.25) is 5.13 Å². The molecule has 1 heterocycles. The third kappa shape index (κ3) is 3.01. The van der Waals surface area contributed by atoms with Gasteiger partial charge in [-0.2, -0.15) is 5.10 Å². The van der Waals surface area contributed by atoms with Crippen molar-refractivity contribution >= 4 is 32.9 Å². The summed E-state index contributed by atoms with van der Waals surface area (Å²) in [6.45, 7) is 0. The number of benzene rings is 2. The highest BCUT2D eigenvalue weighted by Gasteiger charge is 2.03. The molecule has 22 heavy (non-hydrogen) atoms. The van der Waals surface area contributed by atoms with E-state index in [1.54, 1.807) is 31.8 Å². The van der Waals surface area contributed by atoms with E-state index in [1.807, 2.05) is 42.5 Å². The number of methoxy groups -OCH3 is 2. The van der Waals surface area contributed by atoms with Gasteiger partial charge in [-0.25, -0.2) is 4.98 Å². The van der Waals surface area contributed by atoms with Gasteiger partial charge < -0.3 is 9.47 Å². The van der Waals surface area contributed by atoms with E-state index in [2.05, 4.69) is 15.5 Å². The second-order valence-electron chi connectivity index (χ2n) is 4.47. The highest BCUT2D eigenvalue weighted by Crippen LogP contribution is 2.27. The van der Waals surface area contributed by atoms with Crippen molar-refractivity contribution in [3.63, 3.8) is 0 Å². The summed E-state index contributed by atoms with van der Waals surface area (Å²) < 4.78 is 11.6. The van der Waals surface area contributed by atoms with Gasteiger partial charge in [0.1, 0.15) is 0 Å². The predicted molar refractivity (Wildman–Crippen MR) is 90.4 cm³/mol. The quantitative estimate of drug-likeness (QED) is 0.575. The van der Waals surface area contributed by atoms with Crippen LogP contribution in [-0.2, 0) is 0 Å². The van der Waals surface area contributed by atoms with E-state index in [1.165, 1.54) is 0 Å². The number of fused-ring (bicyclic) bond motifs is 1. The van der Waals surface area contributed by atoms with Crippen LogP contribution in [0.5, 0.6) is 11.5 Å². The van der Waals surface area contributed by atoms with Crippen LogP contribution in [0.3, 0.4) is 0 Å². The van der Waals surface area contributed by atoms with Gasteiger partial charge in [0.15, 0.2) is 11.5 Å². The third-order valence-corrected chi connectivity index (χ3v) is 4.02. The summed E-state index contributed by atoms with van der Waals surface area (Å²) in [6.07, 6.45) is 1.72. The van der Waals surface area contributed by atoms with Gasteiger partial charge in [0.25, 0.3) is 0 Å². The van der Waals surface area contributed by atoms with Gasteiger partial charge in [-0.15, -0.1) is 0 Å². The summed E-state index contributed by atoms with van der Waals surface area (Å²) in [5, 5.41) is 4.98. The van der Waals surface area contributed by atoms with Crippen molar-refractivity contribution in [3.8, 4) is 11.5 Å². The molecule has 0 aliphatic carbocycles. The van der Waals surface area contributed by atoms with Crippen LogP contribution in [0, 0.1) is 0 Å². The average molecular weight is 313 g/mol. The molecule has 0 saturated carbocycles. The number of ether oxygens (including phenoxy) is 2. The molecule has 5 nitrogen and oxygen atoms in total.